The summed E-state index contributed by atoms with van der Waals surface area (Å²) in [7, 11) is 1.44. The number of aliphatic hydroxyl groups is 8. The Balaban J connectivity index is 1.58. The number of hydrogen-bond acceptors (Lipinski definition) is 16. The average Bonchev–Trinajstić information content (AvgIpc) is 3.02. The Hall–Kier alpha value is -3.55. The molecule has 0 bridgehead atoms. The zero-order chi connectivity index (χ0) is 31.9. The first kappa shape index (κ1) is 31.9. The minimum absolute atomic E-state index is 0.203. The van der Waals surface area contributed by atoms with E-state index in [2.05, 4.69) is 0 Å². The van der Waals surface area contributed by atoms with E-state index in [1.165, 1.54) is 25.3 Å². The maximum absolute atomic E-state index is 13.8. The molecule has 44 heavy (non-hydrogen) atoms. The van der Waals surface area contributed by atoms with Crippen LogP contribution in [-0.2, 0) is 9.47 Å². The summed E-state index contributed by atoms with van der Waals surface area (Å²) in [5.74, 6) is -1.22. The summed E-state index contributed by atoms with van der Waals surface area (Å²) in [6, 6.07) is 8.27. The summed E-state index contributed by atoms with van der Waals surface area (Å²) in [6.45, 7) is -1.45. The van der Waals surface area contributed by atoms with E-state index >= 15 is 0 Å². The van der Waals surface area contributed by atoms with E-state index in [1.807, 2.05) is 0 Å². The molecule has 1 aromatic heterocycles. The zero-order valence-electron chi connectivity index (χ0n) is 23.0. The van der Waals surface area contributed by atoms with Crippen molar-refractivity contribution in [2.24, 2.45) is 0 Å². The molecule has 0 radical (unpaired) electrons. The van der Waals surface area contributed by atoms with Crippen LogP contribution in [0.4, 0.5) is 0 Å². The van der Waals surface area contributed by atoms with Crippen LogP contribution in [0.2, 0.25) is 0 Å². The van der Waals surface area contributed by atoms with Crippen LogP contribution in [0.3, 0.4) is 0 Å². The fourth-order valence-electron chi connectivity index (χ4n) is 4.95. The van der Waals surface area contributed by atoms with Gasteiger partial charge >= 0.3 is 0 Å². The molecule has 0 saturated carbocycles. The Bertz CT molecular complexity index is 1500. The first-order valence-electron chi connectivity index (χ1n) is 13.4. The summed E-state index contributed by atoms with van der Waals surface area (Å²) in [6.07, 6.45) is -16.5. The van der Waals surface area contributed by atoms with E-state index in [9.17, 15) is 50.8 Å². The summed E-state index contributed by atoms with van der Waals surface area (Å²) < 4.78 is 33.2. The highest BCUT2D eigenvalue weighted by molar-refractivity contribution is 5.88. The molecule has 240 valence electrons. The van der Waals surface area contributed by atoms with Crippen LogP contribution in [0, 0.1) is 0 Å². The van der Waals surface area contributed by atoms with Gasteiger partial charge in [0.15, 0.2) is 5.76 Å². The molecule has 0 aliphatic carbocycles. The van der Waals surface area contributed by atoms with Gasteiger partial charge in [-0.25, -0.2) is 0 Å². The standard InChI is InChI=1S/C28H32O16/c1-39-11-4-2-10(3-5-11)25-26(44-28-24(38)22(36)19(33)16(9-30)43-28)20(34)17-13(31)6-12(7-14(17)41-25)40-27-23(37)21(35)18(32)15(8-29)42-27/h2-7,15-16,18-19,21-24,27-33,35-38H,8-9H2,1H3. The van der Waals surface area contributed by atoms with E-state index in [4.69, 9.17) is 28.1 Å². The van der Waals surface area contributed by atoms with Gasteiger partial charge in [-0.05, 0) is 24.3 Å². The first-order chi connectivity index (χ1) is 21.0. The molecular formula is C28H32O16. The van der Waals surface area contributed by atoms with Crippen molar-refractivity contribution in [1.29, 1.82) is 0 Å². The molecule has 9 N–H and O–H groups in total. The number of phenolic OH excluding ortho intramolecular Hbond substituents is 1. The second-order valence-electron chi connectivity index (χ2n) is 10.3. The number of ether oxygens (including phenoxy) is 5. The molecule has 16 heteroatoms. The topological polar surface area (TPSA) is 258 Å². The molecule has 0 spiro atoms. The lowest BCUT2D eigenvalue weighted by atomic mass is 9.99. The number of fused-ring (bicyclic) bond motifs is 1. The maximum atomic E-state index is 13.8. The van der Waals surface area contributed by atoms with Crippen LogP contribution in [-0.4, -0.2) is 128 Å². The molecule has 3 aromatic rings. The molecule has 2 aromatic carbocycles. The van der Waals surface area contributed by atoms with Crippen molar-refractivity contribution in [2.45, 2.75) is 61.4 Å². The third kappa shape index (κ3) is 5.80. The summed E-state index contributed by atoms with van der Waals surface area (Å²) in [5.41, 5.74) is -0.948. The molecule has 2 aliphatic rings. The Labute approximate surface area is 248 Å². The number of phenols is 1. The van der Waals surface area contributed by atoms with Crippen LogP contribution >= 0.6 is 0 Å². The third-order valence-corrected chi connectivity index (χ3v) is 7.44. The van der Waals surface area contributed by atoms with Gasteiger partial charge in [-0.15, -0.1) is 0 Å². The predicted octanol–water partition coefficient (Wildman–Crippen LogP) is -2.47. The van der Waals surface area contributed by atoms with E-state index < -0.39 is 96.9 Å². The molecule has 5 rings (SSSR count). The van der Waals surface area contributed by atoms with Gasteiger partial charge < -0.3 is 74.1 Å². The molecule has 10 unspecified atom stereocenters. The van der Waals surface area contributed by atoms with Gasteiger partial charge in [0.2, 0.25) is 23.8 Å². The van der Waals surface area contributed by atoms with Crippen molar-refractivity contribution in [3.8, 4) is 34.3 Å². The van der Waals surface area contributed by atoms with E-state index in [0.29, 0.717) is 5.75 Å². The Kier molecular flexibility index (Phi) is 9.28. The SMILES string of the molecule is COc1ccc(-c2oc3cc(OC4OC(CO)C(O)C(O)C4O)cc(O)c3c(=O)c2OC2OC(CO)C(O)C(O)C2O)cc1. The highest BCUT2D eigenvalue weighted by Crippen LogP contribution is 2.38. The number of aliphatic hydroxyl groups excluding tert-OH is 8. The number of hydrogen-bond donors (Lipinski definition) is 9. The van der Waals surface area contributed by atoms with E-state index in [1.54, 1.807) is 12.1 Å². The molecule has 3 heterocycles. The van der Waals surface area contributed by atoms with Gasteiger partial charge in [-0.1, -0.05) is 0 Å². The lowest BCUT2D eigenvalue weighted by molar-refractivity contribution is -0.277. The number of benzene rings is 2. The second kappa shape index (κ2) is 12.8. The summed E-state index contributed by atoms with van der Waals surface area (Å²) >= 11 is 0. The fraction of sp³-hybridized carbons (Fsp3) is 0.464. The van der Waals surface area contributed by atoms with Gasteiger partial charge in [-0.3, -0.25) is 4.79 Å². The smallest absolute Gasteiger partial charge is 0.239 e. The van der Waals surface area contributed by atoms with Crippen molar-refractivity contribution < 1.29 is 74.1 Å². The highest BCUT2D eigenvalue weighted by atomic mass is 16.7. The average molecular weight is 625 g/mol. The van der Waals surface area contributed by atoms with Crippen molar-refractivity contribution in [2.75, 3.05) is 20.3 Å². The van der Waals surface area contributed by atoms with E-state index in [0.717, 1.165) is 6.07 Å². The minimum atomic E-state index is -1.87. The summed E-state index contributed by atoms with van der Waals surface area (Å²) in [5, 5.41) is 90.7. The lowest BCUT2D eigenvalue weighted by Crippen LogP contribution is -2.60. The van der Waals surface area contributed by atoms with Crippen molar-refractivity contribution in [3.63, 3.8) is 0 Å². The van der Waals surface area contributed by atoms with Gasteiger partial charge in [0.05, 0.1) is 20.3 Å². The minimum Gasteiger partial charge on any atom is -0.507 e. The van der Waals surface area contributed by atoms with Crippen LogP contribution in [0.1, 0.15) is 0 Å². The zero-order valence-corrected chi connectivity index (χ0v) is 23.0. The molecule has 16 nitrogen and oxygen atoms in total. The second-order valence-corrected chi connectivity index (χ2v) is 10.3. The van der Waals surface area contributed by atoms with Gasteiger partial charge in [-0.2, -0.15) is 0 Å². The van der Waals surface area contributed by atoms with E-state index in [-0.39, 0.29) is 22.7 Å². The first-order valence-corrected chi connectivity index (χ1v) is 13.4. The van der Waals surface area contributed by atoms with Crippen molar-refractivity contribution in [3.05, 3.63) is 46.6 Å². The monoisotopic (exact) mass is 624 g/mol. The van der Waals surface area contributed by atoms with Crippen LogP contribution < -0.4 is 19.6 Å². The third-order valence-electron chi connectivity index (χ3n) is 7.44. The highest BCUT2D eigenvalue weighted by Gasteiger charge is 2.46. The van der Waals surface area contributed by atoms with Crippen LogP contribution in [0.5, 0.6) is 23.0 Å². The Morgan fingerprint density at radius 3 is 1.80 bits per heavy atom. The van der Waals surface area contributed by atoms with Crippen molar-refractivity contribution >= 4 is 11.0 Å². The number of aromatic hydroxyl groups is 1. The number of methoxy groups -OCH3 is 1. The normalized spacial score (nSPS) is 32.4. The lowest BCUT2D eigenvalue weighted by Gasteiger charge is -2.39. The van der Waals surface area contributed by atoms with Gasteiger partial charge in [0.1, 0.15) is 77.0 Å². The fourth-order valence-corrected chi connectivity index (χ4v) is 4.95. The molecular weight excluding hydrogens is 592 g/mol. The van der Waals surface area contributed by atoms with Crippen LogP contribution in [0.15, 0.2) is 45.6 Å². The Morgan fingerprint density at radius 2 is 1.27 bits per heavy atom. The largest absolute Gasteiger partial charge is 0.507 e. The van der Waals surface area contributed by atoms with Gasteiger partial charge in [0, 0.05) is 17.7 Å². The Morgan fingerprint density at radius 1 is 0.727 bits per heavy atom. The predicted molar refractivity (Wildman–Crippen MR) is 145 cm³/mol. The molecule has 10 atom stereocenters. The molecule has 2 saturated heterocycles. The molecule has 2 aliphatic heterocycles. The molecule has 0 amide bonds. The number of rotatable bonds is 8. The summed E-state index contributed by atoms with van der Waals surface area (Å²) in [4.78, 5) is 13.8. The van der Waals surface area contributed by atoms with Gasteiger partial charge in [0.25, 0.3) is 0 Å². The quantitative estimate of drug-likeness (QED) is 0.126. The van der Waals surface area contributed by atoms with Crippen molar-refractivity contribution in [1.82, 2.24) is 0 Å². The maximum Gasteiger partial charge on any atom is 0.239 e. The molecule has 2 fully saturated rings. The van der Waals surface area contributed by atoms with Crippen LogP contribution in [0.25, 0.3) is 22.3 Å².